The first-order valence-electron chi connectivity index (χ1n) is 12.8. The van der Waals surface area contributed by atoms with Gasteiger partial charge in [0.1, 0.15) is 17.0 Å². The minimum Gasteiger partial charge on any atom is -0.355 e. The highest BCUT2D eigenvalue weighted by Gasteiger charge is 2.29. The van der Waals surface area contributed by atoms with Crippen LogP contribution in [0.1, 0.15) is 23.8 Å². The van der Waals surface area contributed by atoms with Crippen molar-refractivity contribution >= 4 is 55.8 Å². The van der Waals surface area contributed by atoms with Crippen LogP contribution in [0.2, 0.25) is 0 Å². The maximum absolute atomic E-state index is 13.0. The number of fused-ring (bicyclic) bond motifs is 4. The molecule has 3 aromatic heterocycles. The molecule has 1 aliphatic carbocycles. The van der Waals surface area contributed by atoms with Crippen LogP contribution in [0.15, 0.2) is 30.7 Å². The minimum atomic E-state index is -0.0250. The van der Waals surface area contributed by atoms with Gasteiger partial charge in [-0.05, 0) is 43.0 Å². The van der Waals surface area contributed by atoms with Crippen molar-refractivity contribution in [2.45, 2.75) is 26.2 Å². The largest absolute Gasteiger partial charge is 0.355 e. The van der Waals surface area contributed by atoms with E-state index < -0.39 is 0 Å². The number of nitrogens with zero attached hydrogens (tertiary/aromatic N) is 5. The molecule has 0 spiro atoms. The lowest BCUT2D eigenvalue weighted by Crippen LogP contribution is -2.50. The number of aromatic amines is 1. The molecule has 1 saturated heterocycles. The SMILES string of the molecule is CC(=O)N1CCN(CCNC(=O)C2CCc3c(sc4ncnc(Nc5ccc6[nH]ncc6c5)c34)C2)CC1. The van der Waals surface area contributed by atoms with Crippen molar-refractivity contribution in [1.29, 1.82) is 0 Å². The summed E-state index contributed by atoms with van der Waals surface area (Å²) in [4.78, 5) is 39.9. The van der Waals surface area contributed by atoms with Gasteiger partial charge < -0.3 is 15.5 Å². The molecular formula is C26H30N8O2S. The van der Waals surface area contributed by atoms with Crippen LogP contribution in [0.5, 0.6) is 0 Å². The predicted octanol–water partition coefficient (Wildman–Crippen LogP) is 2.70. The number of rotatable bonds is 6. The lowest BCUT2D eigenvalue weighted by atomic mass is 9.87. The molecule has 0 bridgehead atoms. The molecule has 1 unspecified atom stereocenters. The number of benzene rings is 1. The molecule has 37 heavy (non-hydrogen) atoms. The summed E-state index contributed by atoms with van der Waals surface area (Å²) >= 11 is 1.67. The summed E-state index contributed by atoms with van der Waals surface area (Å²) in [6, 6.07) is 6.06. The molecule has 192 valence electrons. The quantitative estimate of drug-likeness (QED) is 0.359. The van der Waals surface area contributed by atoms with Gasteiger partial charge in [-0.3, -0.25) is 19.6 Å². The molecule has 1 aromatic carbocycles. The molecule has 3 N–H and O–H groups in total. The van der Waals surface area contributed by atoms with E-state index in [0.717, 1.165) is 84.6 Å². The van der Waals surface area contributed by atoms with Gasteiger partial charge >= 0.3 is 0 Å². The Morgan fingerprint density at radius 3 is 2.89 bits per heavy atom. The summed E-state index contributed by atoms with van der Waals surface area (Å²) in [5.41, 5.74) is 3.20. The number of amides is 2. The van der Waals surface area contributed by atoms with E-state index in [-0.39, 0.29) is 17.7 Å². The standard InChI is InChI=1S/C26H30N8O2S/c1-16(35)34-10-8-33(9-11-34)7-6-27-25(36)17-2-4-20-22(13-17)37-26-23(20)24(28-15-29-26)31-19-3-5-21-18(12-19)14-30-32-21/h3,5,12,14-15,17H,2,4,6-11,13H2,1H3,(H,27,36)(H,30,32)(H,28,29,31). The Morgan fingerprint density at radius 2 is 2.05 bits per heavy atom. The second-order valence-corrected chi connectivity index (χ2v) is 10.9. The summed E-state index contributed by atoms with van der Waals surface area (Å²) in [6.07, 6.45) is 5.80. The molecule has 4 heterocycles. The topological polar surface area (TPSA) is 119 Å². The van der Waals surface area contributed by atoms with Crippen molar-refractivity contribution in [1.82, 2.24) is 35.3 Å². The number of anilines is 2. The molecule has 1 atom stereocenters. The van der Waals surface area contributed by atoms with Gasteiger partial charge in [-0.2, -0.15) is 5.10 Å². The highest BCUT2D eigenvalue weighted by Crippen LogP contribution is 2.40. The maximum Gasteiger partial charge on any atom is 0.223 e. The van der Waals surface area contributed by atoms with Crippen molar-refractivity contribution in [2.75, 3.05) is 44.6 Å². The number of aryl methyl sites for hydroxylation is 1. The monoisotopic (exact) mass is 518 g/mol. The van der Waals surface area contributed by atoms with E-state index in [1.807, 2.05) is 23.2 Å². The Hall–Kier alpha value is -3.57. The average molecular weight is 519 g/mol. The van der Waals surface area contributed by atoms with Gasteiger partial charge in [0.25, 0.3) is 0 Å². The first-order valence-corrected chi connectivity index (χ1v) is 13.6. The number of carbonyl (C=O) groups is 2. The molecular weight excluding hydrogens is 488 g/mol. The van der Waals surface area contributed by atoms with Crippen molar-refractivity contribution in [3.8, 4) is 0 Å². The Morgan fingerprint density at radius 1 is 1.19 bits per heavy atom. The zero-order valence-electron chi connectivity index (χ0n) is 20.8. The normalized spacial score (nSPS) is 18.2. The molecule has 0 radical (unpaired) electrons. The Labute approximate surface area is 218 Å². The Balaban J connectivity index is 1.09. The average Bonchev–Trinajstić information content (AvgIpc) is 3.53. The molecule has 4 aromatic rings. The van der Waals surface area contributed by atoms with Crippen LogP contribution >= 0.6 is 11.3 Å². The van der Waals surface area contributed by atoms with Crippen LogP contribution < -0.4 is 10.6 Å². The summed E-state index contributed by atoms with van der Waals surface area (Å²) in [5, 5.41) is 15.8. The Kier molecular flexibility index (Phi) is 6.47. The number of aromatic nitrogens is 4. The van der Waals surface area contributed by atoms with Crippen molar-refractivity contribution in [3.63, 3.8) is 0 Å². The van der Waals surface area contributed by atoms with Crippen LogP contribution in [0.3, 0.4) is 0 Å². The third-order valence-electron chi connectivity index (χ3n) is 7.46. The molecule has 2 amide bonds. The van der Waals surface area contributed by atoms with Crippen LogP contribution in [-0.2, 0) is 22.4 Å². The van der Waals surface area contributed by atoms with Gasteiger partial charge in [-0.1, -0.05) is 0 Å². The van der Waals surface area contributed by atoms with Gasteiger partial charge in [0.15, 0.2) is 0 Å². The van der Waals surface area contributed by atoms with Gasteiger partial charge in [0.05, 0.1) is 17.1 Å². The van der Waals surface area contributed by atoms with Crippen LogP contribution in [-0.4, -0.2) is 81.0 Å². The highest BCUT2D eigenvalue weighted by atomic mass is 32.1. The lowest BCUT2D eigenvalue weighted by molar-refractivity contribution is -0.130. The first kappa shape index (κ1) is 23.8. The fourth-order valence-corrected chi connectivity index (χ4v) is 6.62. The number of nitrogens with one attached hydrogen (secondary N) is 3. The molecule has 1 aliphatic heterocycles. The minimum absolute atomic E-state index is 0.0250. The summed E-state index contributed by atoms with van der Waals surface area (Å²) in [5.74, 6) is 1.04. The first-order chi connectivity index (χ1) is 18.0. The van der Waals surface area contributed by atoms with E-state index in [9.17, 15) is 9.59 Å². The van der Waals surface area contributed by atoms with Crippen molar-refractivity contribution < 1.29 is 9.59 Å². The second-order valence-electron chi connectivity index (χ2n) is 9.78. The van der Waals surface area contributed by atoms with Crippen LogP contribution in [0.25, 0.3) is 21.1 Å². The summed E-state index contributed by atoms with van der Waals surface area (Å²) < 4.78 is 0. The molecule has 1 fully saturated rings. The Bertz CT molecular complexity index is 1460. The van der Waals surface area contributed by atoms with Crippen LogP contribution in [0.4, 0.5) is 11.5 Å². The maximum atomic E-state index is 13.0. The van der Waals surface area contributed by atoms with Crippen LogP contribution in [0, 0.1) is 5.92 Å². The van der Waals surface area contributed by atoms with Crippen molar-refractivity contribution in [3.05, 3.63) is 41.2 Å². The third-order valence-corrected chi connectivity index (χ3v) is 8.63. The predicted molar refractivity (Wildman–Crippen MR) is 144 cm³/mol. The third kappa shape index (κ3) is 4.88. The number of hydrogen-bond donors (Lipinski definition) is 3. The molecule has 2 aliphatic rings. The number of hydrogen-bond acceptors (Lipinski definition) is 8. The van der Waals surface area contributed by atoms with E-state index in [1.54, 1.807) is 24.6 Å². The van der Waals surface area contributed by atoms with E-state index in [2.05, 4.69) is 41.8 Å². The second kappa shape index (κ2) is 10.1. The fraction of sp³-hybridized carbons (Fsp3) is 0.423. The van der Waals surface area contributed by atoms with Gasteiger partial charge in [0.2, 0.25) is 11.8 Å². The lowest BCUT2D eigenvalue weighted by Gasteiger charge is -2.34. The van der Waals surface area contributed by atoms with E-state index in [1.165, 1.54) is 10.4 Å². The van der Waals surface area contributed by atoms with Gasteiger partial charge in [-0.15, -0.1) is 11.3 Å². The highest BCUT2D eigenvalue weighted by molar-refractivity contribution is 7.19. The zero-order chi connectivity index (χ0) is 25.4. The van der Waals surface area contributed by atoms with E-state index >= 15 is 0 Å². The zero-order valence-corrected chi connectivity index (χ0v) is 21.6. The summed E-state index contributed by atoms with van der Waals surface area (Å²) in [7, 11) is 0. The molecule has 0 saturated carbocycles. The molecule has 10 nitrogen and oxygen atoms in total. The molecule has 6 rings (SSSR count). The fourth-order valence-electron chi connectivity index (χ4n) is 5.35. The van der Waals surface area contributed by atoms with Gasteiger partial charge in [-0.25, -0.2) is 9.97 Å². The number of carbonyl (C=O) groups excluding carboxylic acids is 2. The van der Waals surface area contributed by atoms with E-state index in [4.69, 9.17) is 0 Å². The number of thiophene rings is 1. The smallest absolute Gasteiger partial charge is 0.223 e. The van der Waals surface area contributed by atoms with Gasteiger partial charge in [0, 0.05) is 68.1 Å². The number of H-pyrrole nitrogens is 1. The molecule has 11 heteroatoms. The summed E-state index contributed by atoms with van der Waals surface area (Å²) in [6.45, 7) is 6.31. The number of piperazine rings is 1. The van der Waals surface area contributed by atoms with Crippen molar-refractivity contribution in [2.24, 2.45) is 5.92 Å². The van der Waals surface area contributed by atoms with E-state index in [0.29, 0.717) is 6.54 Å².